The molecule has 0 fully saturated rings. The van der Waals surface area contributed by atoms with Crippen LogP contribution in [-0.2, 0) is 5.41 Å². The van der Waals surface area contributed by atoms with Crippen LogP contribution in [0.1, 0.15) is 22.3 Å². The summed E-state index contributed by atoms with van der Waals surface area (Å²) in [5.74, 6) is 1.99. The SMILES string of the molecule is c1ccc(-c2nc(-c3ccc4c(c3)C3(c5ccccc5-4)c4ccccc4-c4cccc5cccc3c45)nc(-c3cccc4sc5ccccc5c34)n2)cc1. The second-order valence-electron chi connectivity index (χ2n) is 14.3. The van der Waals surface area contributed by atoms with Gasteiger partial charge in [0.15, 0.2) is 17.5 Å². The lowest BCUT2D eigenvalue weighted by Crippen LogP contribution is -2.31. The molecule has 2 aliphatic carbocycles. The molecule has 10 aromatic rings. The lowest BCUT2D eigenvalue weighted by atomic mass is 9.61. The van der Waals surface area contributed by atoms with Crippen LogP contribution in [0.5, 0.6) is 0 Å². The lowest BCUT2D eigenvalue weighted by molar-refractivity contribution is 0.773. The third kappa shape index (κ3) is 3.98. The predicted molar refractivity (Wildman–Crippen MR) is 223 cm³/mol. The molecule has 0 saturated carbocycles. The molecule has 2 aliphatic rings. The maximum atomic E-state index is 5.35. The maximum Gasteiger partial charge on any atom is 0.164 e. The number of hydrogen-bond donors (Lipinski definition) is 0. The van der Waals surface area contributed by atoms with Crippen LogP contribution in [0.2, 0.25) is 0 Å². The molecular formula is C50H29N3S. The molecule has 12 rings (SSSR count). The Morgan fingerprint density at radius 2 is 0.926 bits per heavy atom. The Labute approximate surface area is 315 Å². The zero-order valence-electron chi connectivity index (χ0n) is 29.0. The molecule has 0 radical (unpaired) electrons. The third-order valence-corrected chi connectivity index (χ3v) is 12.7. The molecule has 0 amide bonds. The molecule has 0 bridgehead atoms. The van der Waals surface area contributed by atoms with Crippen LogP contribution in [0, 0.1) is 0 Å². The van der Waals surface area contributed by atoms with Crippen molar-refractivity contribution in [3.63, 3.8) is 0 Å². The van der Waals surface area contributed by atoms with Crippen molar-refractivity contribution in [1.82, 2.24) is 15.0 Å². The Bertz CT molecular complexity index is 3170. The molecule has 2 heterocycles. The number of rotatable bonds is 3. The fourth-order valence-electron chi connectivity index (χ4n) is 9.37. The van der Waals surface area contributed by atoms with Gasteiger partial charge in [-0.25, -0.2) is 15.0 Å². The van der Waals surface area contributed by atoms with Crippen LogP contribution < -0.4 is 0 Å². The van der Waals surface area contributed by atoms with Crippen molar-refractivity contribution in [1.29, 1.82) is 0 Å². The van der Waals surface area contributed by atoms with Gasteiger partial charge in [0.1, 0.15) is 0 Å². The molecule has 3 nitrogen and oxygen atoms in total. The zero-order chi connectivity index (χ0) is 35.4. The van der Waals surface area contributed by atoms with E-state index in [1.54, 1.807) is 0 Å². The quantitative estimate of drug-likeness (QED) is 0.184. The highest BCUT2D eigenvalue weighted by Crippen LogP contribution is 2.62. The highest BCUT2D eigenvalue weighted by molar-refractivity contribution is 7.25. The van der Waals surface area contributed by atoms with Crippen LogP contribution in [0.4, 0.5) is 0 Å². The topological polar surface area (TPSA) is 38.7 Å². The molecule has 4 heteroatoms. The molecule has 1 atom stereocenters. The number of aromatic nitrogens is 3. The summed E-state index contributed by atoms with van der Waals surface area (Å²) >= 11 is 1.81. The van der Waals surface area contributed by atoms with Gasteiger partial charge in [-0.05, 0) is 73.5 Å². The van der Waals surface area contributed by atoms with Crippen LogP contribution >= 0.6 is 11.3 Å². The number of thiophene rings is 1. The van der Waals surface area contributed by atoms with Gasteiger partial charge in [0, 0.05) is 36.9 Å². The fraction of sp³-hybridized carbons (Fsp3) is 0.0200. The van der Waals surface area contributed by atoms with Crippen LogP contribution in [-0.4, -0.2) is 15.0 Å². The number of nitrogens with zero attached hydrogens (tertiary/aromatic N) is 3. The Morgan fingerprint density at radius 1 is 0.352 bits per heavy atom. The van der Waals surface area contributed by atoms with Gasteiger partial charge >= 0.3 is 0 Å². The first-order chi connectivity index (χ1) is 26.8. The second-order valence-corrected chi connectivity index (χ2v) is 15.3. The Hall–Kier alpha value is -6.75. The molecule has 0 N–H and O–H groups in total. The molecule has 0 saturated heterocycles. The van der Waals surface area contributed by atoms with Gasteiger partial charge in [-0.1, -0.05) is 158 Å². The Kier molecular flexibility index (Phi) is 6.14. The Morgan fingerprint density at radius 3 is 1.76 bits per heavy atom. The lowest BCUT2D eigenvalue weighted by Gasteiger charge is -2.40. The summed E-state index contributed by atoms with van der Waals surface area (Å²) in [5, 5.41) is 4.98. The van der Waals surface area contributed by atoms with Crippen molar-refractivity contribution in [2.24, 2.45) is 0 Å². The first-order valence-electron chi connectivity index (χ1n) is 18.4. The molecule has 54 heavy (non-hydrogen) atoms. The van der Waals surface area contributed by atoms with E-state index in [-0.39, 0.29) is 0 Å². The zero-order valence-corrected chi connectivity index (χ0v) is 29.8. The van der Waals surface area contributed by atoms with Gasteiger partial charge in [-0.15, -0.1) is 11.3 Å². The largest absolute Gasteiger partial charge is 0.208 e. The first kappa shape index (κ1) is 29.8. The van der Waals surface area contributed by atoms with Crippen molar-refractivity contribution in [3.8, 4) is 56.4 Å². The van der Waals surface area contributed by atoms with E-state index in [9.17, 15) is 0 Å². The molecule has 1 unspecified atom stereocenters. The first-order valence-corrected chi connectivity index (χ1v) is 19.2. The van der Waals surface area contributed by atoms with E-state index in [1.165, 1.54) is 75.5 Å². The van der Waals surface area contributed by atoms with Crippen molar-refractivity contribution in [2.75, 3.05) is 0 Å². The number of hydrogen-bond acceptors (Lipinski definition) is 4. The van der Waals surface area contributed by atoms with E-state index in [1.807, 2.05) is 29.5 Å². The second kappa shape index (κ2) is 11.1. The van der Waals surface area contributed by atoms with Gasteiger partial charge in [0.05, 0.1) is 5.41 Å². The van der Waals surface area contributed by atoms with Gasteiger partial charge in [-0.3, -0.25) is 0 Å². The number of benzene rings is 8. The average Bonchev–Trinajstić information content (AvgIpc) is 3.77. The molecule has 1 spiro atoms. The monoisotopic (exact) mass is 703 g/mol. The maximum absolute atomic E-state index is 5.35. The van der Waals surface area contributed by atoms with E-state index in [4.69, 9.17) is 15.0 Å². The van der Waals surface area contributed by atoms with Gasteiger partial charge < -0.3 is 0 Å². The normalized spacial score (nSPS) is 15.1. The van der Waals surface area contributed by atoms with Crippen molar-refractivity contribution < 1.29 is 0 Å². The van der Waals surface area contributed by atoms with Crippen molar-refractivity contribution in [2.45, 2.75) is 5.41 Å². The summed E-state index contributed by atoms with van der Waals surface area (Å²) in [6, 6.07) is 63.7. The molecule has 0 aliphatic heterocycles. The van der Waals surface area contributed by atoms with Crippen molar-refractivity contribution in [3.05, 3.63) is 198 Å². The summed E-state index contributed by atoms with van der Waals surface area (Å²) in [7, 11) is 0. The summed E-state index contributed by atoms with van der Waals surface area (Å²) in [4.78, 5) is 15.8. The Balaban J connectivity index is 1.16. The van der Waals surface area contributed by atoms with Crippen molar-refractivity contribution >= 4 is 42.3 Å². The summed E-state index contributed by atoms with van der Waals surface area (Å²) in [5.41, 5.74) is 12.7. The standard InChI is InChI=1S/C50H29N3S/c1-2-13-31(14-3-1)47-51-48(53-49(52-47)38-21-12-26-44-46(38)37-19-6-9-25-43(37)54-44)32-27-28-35-33-17-4-7-22-39(33)50(42(35)29-32)40-23-8-5-18-34(40)36-20-10-15-30-16-11-24-41(50)45(30)36/h1-29H. The van der Waals surface area contributed by atoms with E-state index >= 15 is 0 Å². The van der Waals surface area contributed by atoms with Crippen LogP contribution in [0.25, 0.3) is 87.4 Å². The molecule has 2 aromatic heterocycles. The van der Waals surface area contributed by atoms with E-state index in [0.717, 1.165) is 16.7 Å². The fourth-order valence-corrected chi connectivity index (χ4v) is 10.5. The summed E-state index contributed by atoms with van der Waals surface area (Å²) < 4.78 is 2.48. The molecule has 250 valence electrons. The summed E-state index contributed by atoms with van der Waals surface area (Å²) in [6.45, 7) is 0. The molecular weight excluding hydrogens is 675 g/mol. The van der Waals surface area contributed by atoms with Crippen LogP contribution in [0.15, 0.2) is 176 Å². The average molecular weight is 704 g/mol. The third-order valence-electron chi connectivity index (χ3n) is 11.5. The van der Waals surface area contributed by atoms with Gasteiger partial charge in [0.25, 0.3) is 0 Å². The van der Waals surface area contributed by atoms with Gasteiger partial charge in [-0.2, -0.15) is 0 Å². The predicted octanol–water partition coefficient (Wildman–Crippen LogP) is 12.7. The molecule has 8 aromatic carbocycles. The number of fused-ring (bicyclic) bond motifs is 12. The smallest absolute Gasteiger partial charge is 0.164 e. The van der Waals surface area contributed by atoms with Gasteiger partial charge in [0.2, 0.25) is 0 Å². The van der Waals surface area contributed by atoms with Crippen LogP contribution in [0.3, 0.4) is 0 Å². The highest BCUT2D eigenvalue weighted by Gasteiger charge is 2.50. The summed E-state index contributed by atoms with van der Waals surface area (Å²) in [6.07, 6.45) is 0. The van der Waals surface area contributed by atoms with E-state index in [2.05, 4.69) is 158 Å². The minimum absolute atomic E-state index is 0.522. The minimum atomic E-state index is -0.522. The minimum Gasteiger partial charge on any atom is -0.208 e. The highest BCUT2D eigenvalue weighted by atomic mass is 32.1. The van der Waals surface area contributed by atoms with E-state index in [0.29, 0.717) is 17.5 Å². The van der Waals surface area contributed by atoms with E-state index < -0.39 is 5.41 Å².